The lowest BCUT2D eigenvalue weighted by Gasteiger charge is -2.32. The molecule has 0 unspecified atom stereocenters. The second-order valence-corrected chi connectivity index (χ2v) is 6.24. The highest BCUT2D eigenvalue weighted by Crippen LogP contribution is 2.43. The molecule has 0 amide bonds. The van der Waals surface area contributed by atoms with Gasteiger partial charge in [-0.25, -0.2) is 0 Å². The van der Waals surface area contributed by atoms with Gasteiger partial charge in [0.25, 0.3) is 0 Å². The molecule has 0 aromatic heterocycles. The van der Waals surface area contributed by atoms with E-state index in [1.807, 2.05) is 31.3 Å². The molecule has 0 aliphatic heterocycles. The fraction of sp³-hybridized carbons (Fsp3) is 0.333. The van der Waals surface area contributed by atoms with Gasteiger partial charge in [0, 0.05) is 12.0 Å². The van der Waals surface area contributed by atoms with E-state index in [2.05, 4.69) is 5.32 Å². The van der Waals surface area contributed by atoms with E-state index in [1.54, 1.807) is 6.07 Å². The van der Waals surface area contributed by atoms with Crippen LogP contribution < -0.4 is 5.32 Å². The van der Waals surface area contributed by atoms with Gasteiger partial charge in [-0.3, -0.25) is 0 Å². The van der Waals surface area contributed by atoms with Crippen LogP contribution >= 0.6 is 11.6 Å². The van der Waals surface area contributed by atoms with Crippen LogP contribution in [0.4, 0.5) is 13.2 Å². The van der Waals surface area contributed by atoms with Crippen molar-refractivity contribution in [2.45, 2.75) is 31.0 Å². The SMILES string of the molecule is CN[C@@H]1CC[C@@H](c2ccc(Cl)c(C(F)(F)F)c2)c2ccccc21. The fourth-order valence-corrected chi connectivity index (χ4v) is 3.64. The molecule has 0 saturated heterocycles. The molecular formula is C18H17ClF3N. The highest BCUT2D eigenvalue weighted by molar-refractivity contribution is 6.31. The average molecular weight is 340 g/mol. The molecule has 0 saturated carbocycles. The third-order valence-corrected chi connectivity index (χ3v) is 4.87. The molecule has 1 aliphatic carbocycles. The number of benzene rings is 2. The lowest BCUT2D eigenvalue weighted by atomic mass is 9.76. The topological polar surface area (TPSA) is 12.0 Å². The van der Waals surface area contributed by atoms with Crippen LogP contribution in [0.15, 0.2) is 42.5 Å². The van der Waals surface area contributed by atoms with Crippen LogP contribution in [0.1, 0.15) is 47.1 Å². The van der Waals surface area contributed by atoms with E-state index < -0.39 is 11.7 Å². The summed E-state index contributed by atoms with van der Waals surface area (Å²) < 4.78 is 39.3. The average Bonchev–Trinajstić information content (AvgIpc) is 2.53. The van der Waals surface area contributed by atoms with Crippen LogP contribution in [0.25, 0.3) is 0 Å². The van der Waals surface area contributed by atoms with E-state index in [0.29, 0.717) is 5.56 Å². The molecule has 122 valence electrons. The first kappa shape index (κ1) is 16.3. The zero-order valence-electron chi connectivity index (χ0n) is 12.6. The van der Waals surface area contributed by atoms with E-state index >= 15 is 0 Å². The van der Waals surface area contributed by atoms with Gasteiger partial charge >= 0.3 is 6.18 Å². The Kier molecular flexibility index (Phi) is 4.39. The summed E-state index contributed by atoms with van der Waals surface area (Å²) in [5.41, 5.74) is 2.16. The van der Waals surface area contributed by atoms with Crippen molar-refractivity contribution in [2.75, 3.05) is 7.05 Å². The summed E-state index contributed by atoms with van der Waals surface area (Å²) in [6.45, 7) is 0. The Hall–Kier alpha value is -1.52. The van der Waals surface area contributed by atoms with E-state index in [4.69, 9.17) is 11.6 Å². The molecule has 23 heavy (non-hydrogen) atoms. The molecule has 1 aliphatic rings. The van der Waals surface area contributed by atoms with Crippen molar-refractivity contribution in [1.82, 2.24) is 5.32 Å². The fourth-order valence-electron chi connectivity index (χ4n) is 3.41. The molecule has 0 heterocycles. The molecule has 0 spiro atoms. The number of nitrogens with one attached hydrogen (secondary N) is 1. The molecule has 5 heteroatoms. The lowest BCUT2D eigenvalue weighted by molar-refractivity contribution is -0.137. The summed E-state index contributed by atoms with van der Waals surface area (Å²) in [6.07, 6.45) is -2.74. The predicted octanol–water partition coefficient (Wildman–Crippen LogP) is 5.55. The summed E-state index contributed by atoms with van der Waals surface area (Å²) in [6, 6.07) is 12.5. The summed E-state index contributed by atoms with van der Waals surface area (Å²) in [4.78, 5) is 0. The number of hydrogen-bond donors (Lipinski definition) is 1. The van der Waals surface area contributed by atoms with Crippen LogP contribution in [0, 0.1) is 0 Å². The molecule has 1 N–H and O–H groups in total. The van der Waals surface area contributed by atoms with Gasteiger partial charge in [0.15, 0.2) is 0 Å². The van der Waals surface area contributed by atoms with Gasteiger partial charge in [0.05, 0.1) is 10.6 Å². The molecule has 2 atom stereocenters. The van der Waals surface area contributed by atoms with Gasteiger partial charge in [-0.1, -0.05) is 41.9 Å². The first-order valence-corrected chi connectivity index (χ1v) is 7.92. The highest BCUT2D eigenvalue weighted by atomic mass is 35.5. The van der Waals surface area contributed by atoms with Crippen LogP contribution in [0.2, 0.25) is 5.02 Å². The van der Waals surface area contributed by atoms with E-state index in [9.17, 15) is 13.2 Å². The lowest BCUT2D eigenvalue weighted by Crippen LogP contribution is -2.24. The van der Waals surface area contributed by atoms with Crippen molar-refractivity contribution in [3.63, 3.8) is 0 Å². The number of halogens is 4. The molecule has 2 aromatic rings. The second-order valence-electron chi connectivity index (χ2n) is 5.84. The smallest absolute Gasteiger partial charge is 0.313 e. The standard InChI is InChI=1S/C18H17ClF3N/c1-23-17-9-7-12(13-4-2-3-5-14(13)17)11-6-8-16(19)15(10-11)18(20,21)22/h2-6,8,10,12,17,23H,7,9H2,1H3/t12-,17+/m0/s1. The molecule has 0 bridgehead atoms. The van der Waals surface area contributed by atoms with Gasteiger partial charge in [0.1, 0.15) is 0 Å². The van der Waals surface area contributed by atoms with Gasteiger partial charge in [-0.2, -0.15) is 13.2 Å². The first-order chi connectivity index (χ1) is 10.9. The third kappa shape index (κ3) is 3.10. The van der Waals surface area contributed by atoms with Crippen LogP contribution in [-0.4, -0.2) is 7.05 Å². The zero-order valence-corrected chi connectivity index (χ0v) is 13.4. The van der Waals surface area contributed by atoms with E-state index in [0.717, 1.165) is 24.0 Å². The Labute approximate surface area is 138 Å². The van der Waals surface area contributed by atoms with Crippen molar-refractivity contribution in [3.05, 3.63) is 69.7 Å². The normalized spacial score (nSPS) is 21.1. The molecule has 2 aromatic carbocycles. The first-order valence-electron chi connectivity index (χ1n) is 7.54. The Balaban J connectivity index is 2.06. The van der Waals surface area contributed by atoms with Crippen molar-refractivity contribution in [3.8, 4) is 0 Å². The van der Waals surface area contributed by atoms with Gasteiger partial charge in [0.2, 0.25) is 0 Å². The molecule has 3 rings (SSSR count). The third-order valence-electron chi connectivity index (χ3n) is 4.54. The summed E-state index contributed by atoms with van der Waals surface area (Å²) in [5, 5.41) is 3.02. The molecule has 0 radical (unpaired) electrons. The van der Waals surface area contributed by atoms with Crippen LogP contribution in [0.3, 0.4) is 0 Å². The van der Waals surface area contributed by atoms with Crippen molar-refractivity contribution < 1.29 is 13.2 Å². The predicted molar refractivity (Wildman–Crippen MR) is 85.8 cm³/mol. The highest BCUT2D eigenvalue weighted by Gasteiger charge is 2.35. The minimum absolute atomic E-state index is 0.0332. The largest absolute Gasteiger partial charge is 0.417 e. The number of alkyl halides is 3. The molecular weight excluding hydrogens is 323 g/mol. The van der Waals surface area contributed by atoms with Crippen molar-refractivity contribution >= 4 is 11.6 Å². The maximum atomic E-state index is 13.1. The number of fused-ring (bicyclic) bond motifs is 1. The van der Waals surface area contributed by atoms with E-state index in [1.165, 1.54) is 12.1 Å². The summed E-state index contributed by atoms with van der Waals surface area (Å²) in [5.74, 6) is -0.0332. The Morgan fingerprint density at radius 3 is 2.39 bits per heavy atom. The summed E-state index contributed by atoms with van der Waals surface area (Å²) >= 11 is 5.74. The maximum Gasteiger partial charge on any atom is 0.417 e. The maximum absolute atomic E-state index is 13.1. The monoisotopic (exact) mass is 339 g/mol. The van der Waals surface area contributed by atoms with Crippen LogP contribution in [0.5, 0.6) is 0 Å². The quantitative estimate of drug-likeness (QED) is 0.757. The van der Waals surface area contributed by atoms with Gasteiger partial charge < -0.3 is 5.32 Å². The Morgan fingerprint density at radius 2 is 1.74 bits per heavy atom. The van der Waals surface area contributed by atoms with Crippen molar-refractivity contribution in [1.29, 1.82) is 0 Å². The van der Waals surface area contributed by atoms with Gasteiger partial charge in [-0.05, 0) is 48.7 Å². The zero-order chi connectivity index (χ0) is 16.6. The minimum atomic E-state index is -4.44. The summed E-state index contributed by atoms with van der Waals surface area (Å²) in [7, 11) is 1.91. The Bertz CT molecular complexity index is 712. The molecule has 0 fully saturated rings. The number of rotatable bonds is 2. The molecule has 1 nitrogen and oxygen atoms in total. The second kappa shape index (κ2) is 6.17. The van der Waals surface area contributed by atoms with Crippen molar-refractivity contribution in [2.24, 2.45) is 0 Å². The minimum Gasteiger partial charge on any atom is -0.313 e. The van der Waals surface area contributed by atoms with E-state index in [-0.39, 0.29) is 17.0 Å². The Morgan fingerprint density at radius 1 is 1.04 bits per heavy atom. The van der Waals surface area contributed by atoms with Gasteiger partial charge in [-0.15, -0.1) is 0 Å². The number of hydrogen-bond acceptors (Lipinski definition) is 1. The van der Waals surface area contributed by atoms with Crippen LogP contribution in [-0.2, 0) is 6.18 Å².